The van der Waals surface area contributed by atoms with E-state index < -0.39 is 11.8 Å². The molecule has 0 aromatic carbocycles. The van der Waals surface area contributed by atoms with E-state index in [1.165, 1.54) is 6.21 Å². The smallest absolute Gasteiger partial charge is 0.303 e. The zero-order valence-corrected chi connectivity index (χ0v) is 9.42. The number of alkyl halides is 2. The Kier molecular flexibility index (Phi) is 4.73. The van der Waals surface area contributed by atoms with Gasteiger partial charge >= 0.3 is 5.92 Å². The summed E-state index contributed by atoms with van der Waals surface area (Å²) in [7, 11) is 0. The molecule has 1 heterocycles. The molecule has 90 valence electrons. The Bertz CT molecular complexity index is 288. The molecule has 1 rings (SSSR count). The maximum Gasteiger partial charge on any atom is 0.303 e. The first-order valence-corrected chi connectivity index (χ1v) is 5.34. The van der Waals surface area contributed by atoms with Crippen LogP contribution in [0.25, 0.3) is 0 Å². The second-order valence-corrected chi connectivity index (χ2v) is 3.94. The molecule has 1 aliphatic rings. The number of nitrogens with zero attached hydrogens (tertiary/aromatic N) is 2. The maximum absolute atomic E-state index is 12.9. The summed E-state index contributed by atoms with van der Waals surface area (Å²) in [5.41, 5.74) is 0. The molecule has 0 aromatic heterocycles. The molecule has 0 spiro atoms. The van der Waals surface area contributed by atoms with Crippen LogP contribution in [-0.4, -0.2) is 31.1 Å². The Morgan fingerprint density at radius 1 is 1.56 bits per heavy atom. The Hall–Kier alpha value is -1.10. The van der Waals surface area contributed by atoms with Crippen LogP contribution in [0.1, 0.15) is 19.8 Å². The predicted molar refractivity (Wildman–Crippen MR) is 62.3 cm³/mol. The summed E-state index contributed by atoms with van der Waals surface area (Å²) < 4.78 is 25.9. The highest BCUT2D eigenvalue weighted by Crippen LogP contribution is 2.16. The fourth-order valence-electron chi connectivity index (χ4n) is 1.36. The number of halogens is 2. The monoisotopic (exact) mass is 229 g/mol. The van der Waals surface area contributed by atoms with E-state index in [0.29, 0.717) is 12.3 Å². The minimum absolute atomic E-state index is 0.478. The van der Waals surface area contributed by atoms with Gasteiger partial charge in [0.2, 0.25) is 0 Å². The fourth-order valence-corrected chi connectivity index (χ4v) is 1.36. The third kappa shape index (κ3) is 4.18. The van der Waals surface area contributed by atoms with Crippen molar-refractivity contribution in [2.45, 2.75) is 25.7 Å². The molecule has 3 nitrogen and oxygen atoms in total. The minimum Gasteiger partial charge on any atom is -0.316 e. The van der Waals surface area contributed by atoms with E-state index in [2.05, 4.69) is 21.9 Å². The molecule has 0 amide bonds. The van der Waals surface area contributed by atoms with Crippen LogP contribution in [0.5, 0.6) is 0 Å². The van der Waals surface area contributed by atoms with Gasteiger partial charge in [0.1, 0.15) is 0 Å². The van der Waals surface area contributed by atoms with Crippen LogP contribution in [0.15, 0.2) is 22.8 Å². The summed E-state index contributed by atoms with van der Waals surface area (Å²) in [6.07, 6.45) is 4.28. The molecule has 1 aliphatic heterocycles. The molecule has 0 unspecified atom stereocenters. The van der Waals surface area contributed by atoms with Crippen molar-refractivity contribution < 1.29 is 8.78 Å². The minimum atomic E-state index is -3.01. The zero-order valence-electron chi connectivity index (χ0n) is 9.42. The standard InChI is InChI=1S/C11H17F2N3/c1-3-15-10(11(2,12)13)16-6-4-5-9-7-14-8-9/h3,6,9,14H,1,4-5,7-8H2,2H3. The van der Waals surface area contributed by atoms with E-state index in [0.717, 1.165) is 32.6 Å². The van der Waals surface area contributed by atoms with Crippen LogP contribution in [-0.2, 0) is 0 Å². The van der Waals surface area contributed by atoms with Crippen molar-refractivity contribution in [3.63, 3.8) is 0 Å². The molecule has 1 N–H and O–H groups in total. The van der Waals surface area contributed by atoms with E-state index in [1.54, 1.807) is 0 Å². The normalized spacial score (nSPS) is 18.8. The third-order valence-corrected chi connectivity index (χ3v) is 2.39. The van der Waals surface area contributed by atoms with Crippen molar-refractivity contribution >= 4 is 12.1 Å². The number of rotatable bonds is 5. The SMILES string of the molecule is C=CN=C(N=CCCC1CNC1)C(C)(F)F. The average Bonchev–Trinajstić information content (AvgIpc) is 2.11. The van der Waals surface area contributed by atoms with Gasteiger partial charge in [-0.2, -0.15) is 8.78 Å². The van der Waals surface area contributed by atoms with Crippen molar-refractivity contribution in [2.75, 3.05) is 13.1 Å². The lowest BCUT2D eigenvalue weighted by Crippen LogP contribution is -2.41. The highest BCUT2D eigenvalue weighted by atomic mass is 19.3. The third-order valence-electron chi connectivity index (χ3n) is 2.39. The van der Waals surface area contributed by atoms with E-state index in [1.807, 2.05) is 0 Å². The molecular weight excluding hydrogens is 212 g/mol. The van der Waals surface area contributed by atoms with Crippen LogP contribution in [0.4, 0.5) is 8.78 Å². The van der Waals surface area contributed by atoms with Gasteiger partial charge in [0.15, 0.2) is 5.84 Å². The van der Waals surface area contributed by atoms with Gasteiger partial charge in [-0.25, -0.2) is 9.98 Å². The van der Waals surface area contributed by atoms with Gasteiger partial charge in [0.05, 0.1) is 0 Å². The van der Waals surface area contributed by atoms with Crippen molar-refractivity contribution in [2.24, 2.45) is 15.9 Å². The highest BCUT2D eigenvalue weighted by Gasteiger charge is 2.28. The summed E-state index contributed by atoms with van der Waals surface area (Å²) in [6.45, 7) is 6.11. The van der Waals surface area contributed by atoms with Crippen LogP contribution < -0.4 is 5.32 Å². The van der Waals surface area contributed by atoms with Gasteiger partial charge in [-0.15, -0.1) is 0 Å². The molecule has 0 saturated carbocycles. The number of amidine groups is 1. The molecule has 0 aromatic rings. The summed E-state index contributed by atoms with van der Waals surface area (Å²) >= 11 is 0. The second kappa shape index (κ2) is 5.84. The number of aliphatic imine (C=N–C) groups is 2. The number of hydrogen-bond acceptors (Lipinski definition) is 2. The zero-order chi connectivity index (χ0) is 12.0. The Labute approximate surface area is 94.4 Å². The van der Waals surface area contributed by atoms with Gasteiger partial charge in [-0.3, -0.25) is 0 Å². The fraction of sp³-hybridized carbons (Fsp3) is 0.636. The van der Waals surface area contributed by atoms with Crippen molar-refractivity contribution in [1.82, 2.24) is 5.32 Å². The lowest BCUT2D eigenvalue weighted by molar-refractivity contribution is 0.0992. The quantitative estimate of drug-likeness (QED) is 0.569. The van der Waals surface area contributed by atoms with Crippen LogP contribution in [0, 0.1) is 5.92 Å². The summed E-state index contributed by atoms with van der Waals surface area (Å²) in [4.78, 5) is 7.16. The van der Waals surface area contributed by atoms with Crippen LogP contribution in [0.3, 0.4) is 0 Å². The Balaban J connectivity index is 2.38. The highest BCUT2D eigenvalue weighted by molar-refractivity contribution is 5.94. The molecule has 5 heteroatoms. The molecule has 0 aliphatic carbocycles. The Morgan fingerprint density at radius 3 is 2.69 bits per heavy atom. The molecular formula is C11H17F2N3. The Morgan fingerprint density at radius 2 is 2.25 bits per heavy atom. The molecule has 1 saturated heterocycles. The number of hydrogen-bond donors (Lipinski definition) is 1. The predicted octanol–water partition coefficient (Wildman–Crippen LogP) is 2.25. The molecule has 16 heavy (non-hydrogen) atoms. The molecule has 0 radical (unpaired) electrons. The molecule has 1 fully saturated rings. The van der Waals surface area contributed by atoms with Crippen LogP contribution >= 0.6 is 0 Å². The van der Waals surface area contributed by atoms with Gasteiger partial charge in [-0.1, -0.05) is 6.58 Å². The van der Waals surface area contributed by atoms with Crippen molar-refractivity contribution in [1.29, 1.82) is 0 Å². The topological polar surface area (TPSA) is 36.8 Å². The lowest BCUT2D eigenvalue weighted by atomic mass is 9.98. The van der Waals surface area contributed by atoms with E-state index >= 15 is 0 Å². The summed E-state index contributed by atoms with van der Waals surface area (Å²) in [5, 5.41) is 3.15. The van der Waals surface area contributed by atoms with E-state index in [-0.39, 0.29) is 0 Å². The van der Waals surface area contributed by atoms with Gasteiger partial charge in [0.25, 0.3) is 0 Å². The number of nitrogens with one attached hydrogen (secondary N) is 1. The van der Waals surface area contributed by atoms with Gasteiger partial charge in [0, 0.05) is 19.3 Å². The molecule has 0 bridgehead atoms. The van der Waals surface area contributed by atoms with Gasteiger partial charge in [-0.05, 0) is 31.8 Å². The van der Waals surface area contributed by atoms with Gasteiger partial charge < -0.3 is 5.32 Å². The van der Waals surface area contributed by atoms with E-state index in [9.17, 15) is 8.78 Å². The largest absolute Gasteiger partial charge is 0.316 e. The van der Waals surface area contributed by atoms with Crippen molar-refractivity contribution in [3.8, 4) is 0 Å². The first-order chi connectivity index (χ1) is 7.54. The first-order valence-electron chi connectivity index (χ1n) is 5.34. The van der Waals surface area contributed by atoms with Crippen molar-refractivity contribution in [3.05, 3.63) is 12.8 Å². The summed E-state index contributed by atoms with van der Waals surface area (Å²) in [5.74, 6) is -2.83. The van der Waals surface area contributed by atoms with Crippen LogP contribution in [0.2, 0.25) is 0 Å². The second-order valence-electron chi connectivity index (χ2n) is 3.94. The molecule has 0 atom stereocenters. The first kappa shape index (κ1) is 13.0. The lowest BCUT2D eigenvalue weighted by Gasteiger charge is -2.26. The average molecular weight is 229 g/mol. The van der Waals surface area contributed by atoms with E-state index in [4.69, 9.17) is 0 Å². The summed E-state index contributed by atoms with van der Waals surface area (Å²) in [6, 6.07) is 0. The maximum atomic E-state index is 12.9.